The van der Waals surface area contributed by atoms with Crippen molar-refractivity contribution in [1.82, 2.24) is 0 Å². The van der Waals surface area contributed by atoms with Gasteiger partial charge in [-0.2, -0.15) is 0 Å². The molecule has 80 valence electrons. The molecule has 0 aliphatic rings. The molecule has 0 aromatic heterocycles. The Balaban J connectivity index is 4.16. The molecule has 0 bridgehead atoms. The molecule has 0 rings (SSSR count). The van der Waals surface area contributed by atoms with Gasteiger partial charge in [-0.15, -0.1) is 11.8 Å². The van der Waals surface area contributed by atoms with Crippen molar-refractivity contribution < 1.29 is 0 Å². The summed E-state index contributed by atoms with van der Waals surface area (Å²) in [6.45, 7) is 16.3. The lowest BCUT2D eigenvalue weighted by molar-refractivity contribution is 0.496. The summed E-state index contributed by atoms with van der Waals surface area (Å²) >= 11 is 2.13. The summed E-state index contributed by atoms with van der Waals surface area (Å²) in [5, 5.41) is 0. The zero-order valence-electron chi connectivity index (χ0n) is 10.4. The van der Waals surface area contributed by atoms with E-state index in [9.17, 15) is 0 Å². The highest BCUT2D eigenvalue weighted by Crippen LogP contribution is 2.41. The number of thioether (sulfide) groups is 1. The molecule has 0 radical (unpaired) electrons. The lowest BCUT2D eigenvalue weighted by Crippen LogP contribution is -2.26. The van der Waals surface area contributed by atoms with Gasteiger partial charge >= 0.3 is 0 Å². The molecule has 0 aromatic rings. The third kappa shape index (κ3) is 6.42. The minimum absolute atomic E-state index is 0.424. The molecule has 0 aromatic carbocycles. The van der Waals surface area contributed by atoms with Gasteiger partial charge in [0.25, 0.3) is 0 Å². The Labute approximate surface area is 88.9 Å². The maximum absolute atomic E-state index is 2.37. The van der Waals surface area contributed by atoms with Crippen LogP contribution >= 0.6 is 11.8 Å². The molecule has 0 fully saturated rings. The molecule has 0 saturated carbocycles. The van der Waals surface area contributed by atoms with Gasteiger partial charge in [0.2, 0.25) is 0 Å². The quantitative estimate of drug-likeness (QED) is 0.621. The lowest BCUT2D eigenvalue weighted by atomic mass is 10.00. The van der Waals surface area contributed by atoms with Gasteiger partial charge in [-0.25, -0.2) is 0 Å². The van der Waals surface area contributed by atoms with Crippen LogP contribution < -0.4 is 0 Å². The van der Waals surface area contributed by atoms with Crippen LogP contribution in [0.25, 0.3) is 0 Å². The van der Waals surface area contributed by atoms with E-state index in [0.29, 0.717) is 9.49 Å². The van der Waals surface area contributed by atoms with Gasteiger partial charge in [0, 0.05) is 9.49 Å². The maximum atomic E-state index is 2.37. The molecule has 0 amide bonds. The van der Waals surface area contributed by atoms with Crippen molar-refractivity contribution in [1.29, 1.82) is 0 Å². The van der Waals surface area contributed by atoms with E-state index in [2.05, 4.69) is 60.2 Å². The maximum Gasteiger partial charge on any atom is 0.0111 e. The summed E-state index contributed by atoms with van der Waals surface area (Å²) in [6.07, 6.45) is 2.56. The Morgan fingerprint density at radius 3 is 1.77 bits per heavy atom. The van der Waals surface area contributed by atoms with Crippen LogP contribution in [0.15, 0.2) is 0 Å². The summed E-state index contributed by atoms with van der Waals surface area (Å²) in [5.41, 5.74) is 0. The minimum atomic E-state index is 0.424. The van der Waals surface area contributed by atoms with E-state index in [1.54, 1.807) is 0 Å². The van der Waals surface area contributed by atoms with E-state index >= 15 is 0 Å². The molecule has 0 atom stereocenters. The van der Waals surface area contributed by atoms with E-state index in [1.165, 1.54) is 12.8 Å². The van der Waals surface area contributed by atoms with E-state index in [1.807, 2.05) is 0 Å². The molecule has 0 heterocycles. The first-order valence-corrected chi connectivity index (χ1v) is 6.20. The Morgan fingerprint density at radius 2 is 1.46 bits per heavy atom. The highest BCUT2D eigenvalue weighted by atomic mass is 32.2. The second-order valence-electron chi connectivity index (χ2n) is 5.57. The first-order valence-electron chi connectivity index (χ1n) is 5.39. The van der Waals surface area contributed by atoms with Gasteiger partial charge in [-0.3, -0.25) is 0 Å². The molecule has 0 spiro atoms. The Hall–Kier alpha value is 0.350. The molecule has 0 aliphatic heterocycles. The molecule has 0 N–H and O–H groups in total. The van der Waals surface area contributed by atoms with Crippen LogP contribution in [0, 0.1) is 5.92 Å². The predicted molar refractivity (Wildman–Crippen MR) is 65.5 cm³/mol. The number of rotatable bonds is 5. The van der Waals surface area contributed by atoms with Crippen LogP contribution in [0.1, 0.15) is 61.3 Å². The van der Waals surface area contributed by atoms with Crippen molar-refractivity contribution in [3.63, 3.8) is 0 Å². The second kappa shape index (κ2) is 4.72. The van der Waals surface area contributed by atoms with Gasteiger partial charge in [0.1, 0.15) is 0 Å². The Kier molecular flexibility index (Phi) is 4.85. The highest BCUT2D eigenvalue weighted by molar-refractivity contribution is 8.01. The minimum Gasteiger partial charge on any atom is -0.149 e. The smallest absolute Gasteiger partial charge is 0.0111 e. The third-order valence-electron chi connectivity index (χ3n) is 2.30. The van der Waals surface area contributed by atoms with E-state index in [-0.39, 0.29) is 0 Å². The van der Waals surface area contributed by atoms with Crippen LogP contribution in [-0.2, 0) is 0 Å². The summed E-state index contributed by atoms with van der Waals surface area (Å²) < 4.78 is 0.853. The van der Waals surface area contributed by atoms with Crippen LogP contribution in [-0.4, -0.2) is 9.49 Å². The predicted octanol–water partition coefficient (Wildman–Crippen LogP) is 4.73. The van der Waals surface area contributed by atoms with Crippen LogP contribution in [0.3, 0.4) is 0 Å². The zero-order chi connectivity index (χ0) is 10.7. The number of hydrogen-bond donors (Lipinski definition) is 0. The van der Waals surface area contributed by atoms with E-state index < -0.39 is 0 Å². The molecule has 0 saturated heterocycles. The standard InChI is InChI=1S/C12H26S/c1-8-11(4,5)13-12(6,7)9-10(2)3/h10H,8-9H2,1-7H3. The topological polar surface area (TPSA) is 0 Å². The normalized spacial score (nSPS) is 13.8. The average Bonchev–Trinajstić information content (AvgIpc) is 1.81. The fraction of sp³-hybridized carbons (Fsp3) is 1.00. The molecule has 13 heavy (non-hydrogen) atoms. The molecular weight excluding hydrogens is 176 g/mol. The molecule has 1 heteroatoms. The summed E-state index contributed by atoms with van der Waals surface area (Å²) in [6, 6.07) is 0. The molecule has 0 unspecified atom stereocenters. The van der Waals surface area contributed by atoms with Crippen molar-refractivity contribution in [3.05, 3.63) is 0 Å². The second-order valence-corrected chi connectivity index (χ2v) is 7.99. The van der Waals surface area contributed by atoms with Crippen molar-refractivity contribution in [3.8, 4) is 0 Å². The summed E-state index contributed by atoms with van der Waals surface area (Å²) in [7, 11) is 0. The van der Waals surface area contributed by atoms with E-state index in [4.69, 9.17) is 0 Å². The van der Waals surface area contributed by atoms with Gasteiger partial charge < -0.3 is 0 Å². The monoisotopic (exact) mass is 202 g/mol. The summed E-state index contributed by atoms with van der Waals surface area (Å²) in [4.78, 5) is 0. The first-order chi connectivity index (χ1) is 5.68. The van der Waals surface area contributed by atoms with Crippen molar-refractivity contribution in [2.45, 2.75) is 70.8 Å². The molecular formula is C12H26S. The molecule has 0 aliphatic carbocycles. The largest absolute Gasteiger partial charge is 0.149 e. The third-order valence-corrected chi connectivity index (χ3v) is 3.86. The first kappa shape index (κ1) is 13.4. The lowest BCUT2D eigenvalue weighted by Gasteiger charge is -2.35. The van der Waals surface area contributed by atoms with Crippen molar-refractivity contribution in [2.24, 2.45) is 5.92 Å². The van der Waals surface area contributed by atoms with Gasteiger partial charge in [-0.05, 0) is 18.8 Å². The highest BCUT2D eigenvalue weighted by Gasteiger charge is 2.28. The van der Waals surface area contributed by atoms with Gasteiger partial charge in [0.15, 0.2) is 0 Å². The van der Waals surface area contributed by atoms with E-state index in [0.717, 1.165) is 5.92 Å². The van der Waals surface area contributed by atoms with Crippen LogP contribution in [0.2, 0.25) is 0 Å². The summed E-state index contributed by atoms with van der Waals surface area (Å²) in [5.74, 6) is 0.801. The molecule has 0 nitrogen and oxygen atoms in total. The van der Waals surface area contributed by atoms with Crippen molar-refractivity contribution >= 4 is 11.8 Å². The Morgan fingerprint density at radius 1 is 1.00 bits per heavy atom. The number of hydrogen-bond acceptors (Lipinski definition) is 1. The van der Waals surface area contributed by atoms with Crippen LogP contribution in [0.4, 0.5) is 0 Å². The average molecular weight is 202 g/mol. The van der Waals surface area contributed by atoms with Crippen molar-refractivity contribution in [2.75, 3.05) is 0 Å². The van der Waals surface area contributed by atoms with Crippen LogP contribution in [0.5, 0.6) is 0 Å². The SMILES string of the molecule is CCC(C)(C)SC(C)(C)CC(C)C. The zero-order valence-corrected chi connectivity index (χ0v) is 11.2. The van der Waals surface area contributed by atoms with Gasteiger partial charge in [-0.1, -0.05) is 48.5 Å². The fourth-order valence-electron chi connectivity index (χ4n) is 1.84. The fourth-order valence-corrected chi connectivity index (χ4v) is 3.90. The van der Waals surface area contributed by atoms with Gasteiger partial charge in [0.05, 0.1) is 0 Å². The Bertz CT molecular complexity index is 145.